The van der Waals surface area contributed by atoms with Gasteiger partial charge in [-0.1, -0.05) is 0 Å². The molecule has 0 saturated carbocycles. The van der Waals surface area contributed by atoms with Gasteiger partial charge < -0.3 is 0 Å². The van der Waals surface area contributed by atoms with Crippen LogP contribution in [0.25, 0.3) is 0 Å². The molecule has 1 aromatic rings. The standard InChI is InChI=1S/C10H14Br3N2O10P3Te/c11-10(12,13)29-6-3-5(4-22-27(20)25-28(21)24-26(18)19)23-8(6)15-2-1-7(16)14-9(15)17/h1-2,5-6,8,18-21H,3-4H2,(H,14,16,17)/t5-,6-,8?,27?,28?/m0/s1. The molecule has 1 fully saturated rings. The molecule has 1 aromatic heterocycles. The summed E-state index contributed by atoms with van der Waals surface area (Å²) in [5.74, 6) is 0. The third-order valence-electron chi connectivity index (χ3n) is 3.21. The van der Waals surface area contributed by atoms with Crippen molar-refractivity contribution in [3.8, 4) is 0 Å². The van der Waals surface area contributed by atoms with Crippen molar-refractivity contribution in [2.24, 2.45) is 0 Å². The van der Waals surface area contributed by atoms with Crippen LogP contribution in [-0.2, 0) is 17.9 Å². The molecule has 1 saturated heterocycles. The third kappa shape index (κ3) is 9.72. The van der Waals surface area contributed by atoms with E-state index in [1.807, 2.05) is 0 Å². The summed E-state index contributed by atoms with van der Waals surface area (Å²) < 4.78 is 20.6. The van der Waals surface area contributed by atoms with E-state index in [4.69, 9.17) is 19.0 Å². The normalized spacial score (nSPS) is 24.8. The second-order valence-electron chi connectivity index (χ2n) is 5.19. The second-order valence-corrected chi connectivity index (χ2v) is 24.0. The maximum atomic E-state index is 12.2. The first-order valence-electron chi connectivity index (χ1n) is 7.31. The number of hydrogen-bond donors (Lipinski definition) is 5. The van der Waals surface area contributed by atoms with Crippen molar-refractivity contribution in [1.82, 2.24) is 9.55 Å². The van der Waals surface area contributed by atoms with E-state index in [1.165, 1.54) is 16.8 Å². The van der Waals surface area contributed by atoms with Crippen LogP contribution in [-0.4, -0.2) is 62.9 Å². The molecule has 3 unspecified atom stereocenters. The first-order chi connectivity index (χ1) is 13.4. The predicted molar refractivity (Wildman–Crippen MR) is 117 cm³/mol. The van der Waals surface area contributed by atoms with Crippen molar-refractivity contribution in [1.29, 1.82) is 0 Å². The number of halogens is 3. The topological polar surface area (TPSA) is 173 Å². The van der Waals surface area contributed by atoms with Gasteiger partial charge in [0, 0.05) is 0 Å². The summed E-state index contributed by atoms with van der Waals surface area (Å²) in [5.41, 5.74) is -1.13. The van der Waals surface area contributed by atoms with E-state index in [0.29, 0.717) is 6.42 Å². The molecule has 29 heavy (non-hydrogen) atoms. The Labute approximate surface area is 202 Å². The molecule has 5 N–H and O–H groups in total. The van der Waals surface area contributed by atoms with Crippen LogP contribution in [0.4, 0.5) is 0 Å². The molecule has 2 heterocycles. The van der Waals surface area contributed by atoms with E-state index >= 15 is 0 Å². The Kier molecular flexibility index (Phi) is 11.6. The molecule has 0 aromatic carbocycles. The number of H-pyrrole nitrogens is 1. The molecule has 5 atom stereocenters. The zero-order chi connectivity index (χ0) is 21.8. The first-order valence-corrected chi connectivity index (χ1v) is 15.6. The molecule has 12 nitrogen and oxygen atoms in total. The average Bonchev–Trinajstić information content (AvgIpc) is 2.92. The van der Waals surface area contributed by atoms with Crippen molar-refractivity contribution >= 4 is 94.5 Å². The van der Waals surface area contributed by atoms with E-state index in [2.05, 4.69) is 61.4 Å². The Balaban J connectivity index is 2.02. The van der Waals surface area contributed by atoms with E-state index in [1.54, 1.807) is 0 Å². The summed E-state index contributed by atoms with van der Waals surface area (Å²) in [7, 11) is -8.11. The summed E-state index contributed by atoms with van der Waals surface area (Å²) in [6, 6.07) is 1.22. The minimum atomic E-state index is -2.84. The van der Waals surface area contributed by atoms with Crippen molar-refractivity contribution < 1.29 is 37.5 Å². The van der Waals surface area contributed by atoms with Gasteiger partial charge in [-0.2, -0.15) is 0 Å². The Morgan fingerprint density at radius 1 is 1.24 bits per heavy atom. The van der Waals surface area contributed by atoms with Crippen LogP contribution in [0.3, 0.4) is 0 Å². The number of nitrogens with zero attached hydrogens (tertiary/aromatic N) is 1. The molecular formula is C10H14Br3N2O10P3Te. The van der Waals surface area contributed by atoms with Gasteiger partial charge in [-0.3, -0.25) is 0 Å². The van der Waals surface area contributed by atoms with Gasteiger partial charge in [0.1, 0.15) is 0 Å². The number of rotatable bonds is 9. The van der Waals surface area contributed by atoms with E-state index in [9.17, 15) is 19.4 Å². The van der Waals surface area contributed by atoms with Gasteiger partial charge in [-0.05, 0) is 0 Å². The number of aromatic nitrogens is 2. The Morgan fingerprint density at radius 2 is 1.93 bits per heavy atom. The zero-order valence-electron chi connectivity index (χ0n) is 13.9. The summed E-state index contributed by atoms with van der Waals surface area (Å²) in [4.78, 5) is 61.9. The number of aromatic amines is 1. The van der Waals surface area contributed by atoms with E-state index in [0.717, 1.165) is 0 Å². The molecule has 2 rings (SSSR count). The van der Waals surface area contributed by atoms with Crippen molar-refractivity contribution in [3.63, 3.8) is 0 Å². The molecule has 1 aliphatic heterocycles. The van der Waals surface area contributed by atoms with Gasteiger partial charge >= 0.3 is 204 Å². The van der Waals surface area contributed by atoms with Gasteiger partial charge in [0.15, 0.2) is 0 Å². The van der Waals surface area contributed by atoms with Crippen LogP contribution in [0.5, 0.6) is 0 Å². The van der Waals surface area contributed by atoms with Crippen LogP contribution in [0.2, 0.25) is 3.97 Å². The maximum absolute atomic E-state index is 12.2. The number of hydrogen-bond acceptors (Lipinski definition) is 10. The van der Waals surface area contributed by atoms with E-state index < -0.39 is 70.5 Å². The molecular weight excluding hydrogens is 768 g/mol. The van der Waals surface area contributed by atoms with Gasteiger partial charge in [0.25, 0.3) is 0 Å². The molecule has 0 amide bonds. The van der Waals surface area contributed by atoms with Gasteiger partial charge in [-0.15, -0.1) is 0 Å². The third-order valence-corrected chi connectivity index (χ3v) is 12.4. The van der Waals surface area contributed by atoms with Gasteiger partial charge in [-0.25, -0.2) is 0 Å². The SMILES string of the molecule is O=c1ccn(C2O[C@H](COP(O)OP(O)OP(O)O)C[C@@H]2[Te]C(Br)(Br)Br)c(=O)[nH]1. The molecule has 0 radical (unpaired) electrons. The fourth-order valence-corrected chi connectivity index (χ4v) is 11.7. The Hall–Kier alpha value is 1.88. The predicted octanol–water partition coefficient (Wildman–Crippen LogP) is 1.81. The second kappa shape index (κ2) is 12.4. The Morgan fingerprint density at radius 3 is 2.52 bits per heavy atom. The fraction of sp³-hybridized carbons (Fsp3) is 0.600. The molecule has 0 spiro atoms. The Bertz CT molecular complexity index is 782. The molecule has 0 bridgehead atoms. The van der Waals surface area contributed by atoms with Crippen LogP contribution < -0.4 is 11.2 Å². The summed E-state index contributed by atoms with van der Waals surface area (Å²) in [6.07, 6.45) is 0.685. The van der Waals surface area contributed by atoms with Gasteiger partial charge in [0.05, 0.1) is 0 Å². The van der Waals surface area contributed by atoms with Crippen LogP contribution in [0, 0.1) is 0 Å². The van der Waals surface area contributed by atoms with Crippen molar-refractivity contribution in [3.05, 3.63) is 33.1 Å². The van der Waals surface area contributed by atoms with E-state index in [-0.39, 0.29) is 10.6 Å². The number of nitrogens with one attached hydrogen (secondary N) is 1. The molecule has 166 valence electrons. The fourth-order valence-electron chi connectivity index (χ4n) is 2.28. The van der Waals surface area contributed by atoms with Crippen LogP contribution in [0.1, 0.15) is 12.6 Å². The van der Waals surface area contributed by atoms with Crippen LogP contribution >= 0.6 is 73.6 Å². The summed E-state index contributed by atoms with van der Waals surface area (Å²) in [6.45, 7) is -0.115. The minimum absolute atomic E-state index is 0.0628. The number of alkyl halides is 3. The molecule has 1 aliphatic rings. The van der Waals surface area contributed by atoms with Crippen LogP contribution in [0.15, 0.2) is 21.9 Å². The molecule has 19 heteroatoms. The quantitative estimate of drug-likeness (QED) is 0.141. The first kappa shape index (κ1) is 27.1. The molecule has 0 aliphatic carbocycles. The van der Waals surface area contributed by atoms with Crippen molar-refractivity contribution in [2.45, 2.75) is 22.9 Å². The summed E-state index contributed by atoms with van der Waals surface area (Å²) >= 11 is 9.54. The van der Waals surface area contributed by atoms with Crippen molar-refractivity contribution in [2.75, 3.05) is 6.61 Å². The summed E-state index contributed by atoms with van der Waals surface area (Å²) in [5, 5.41) is 0. The zero-order valence-corrected chi connectivity index (χ0v) is 23.6. The monoisotopic (exact) mass is 782 g/mol. The van der Waals surface area contributed by atoms with Gasteiger partial charge in [0.2, 0.25) is 0 Å². The average molecular weight is 782 g/mol. The number of ether oxygens (including phenoxy) is 1.